The topological polar surface area (TPSA) is 65.2 Å². The molecule has 2 N–H and O–H groups in total. The molecule has 0 aliphatic rings. The van der Waals surface area contributed by atoms with Gasteiger partial charge < -0.3 is 10.5 Å². The number of hydrogen-bond acceptors (Lipinski definition) is 5. The van der Waals surface area contributed by atoms with E-state index in [0.29, 0.717) is 22.3 Å². The van der Waals surface area contributed by atoms with Gasteiger partial charge in [0, 0.05) is 5.75 Å². The van der Waals surface area contributed by atoms with Gasteiger partial charge in [-0.25, -0.2) is 9.78 Å². The van der Waals surface area contributed by atoms with E-state index in [2.05, 4.69) is 23.6 Å². The minimum absolute atomic E-state index is 0.294. The standard InChI is InChI=1S/C11H16N2O2S/c1-7(2)6-16-10-8(12)4-5-9(13-10)11(14)15-3/h4-5,7H,6,12H2,1-3H3. The molecular formula is C11H16N2O2S. The molecule has 1 aromatic heterocycles. The van der Waals surface area contributed by atoms with Crippen molar-refractivity contribution in [3.63, 3.8) is 0 Å². The molecule has 0 saturated heterocycles. The molecule has 88 valence electrons. The highest BCUT2D eigenvalue weighted by Gasteiger charge is 2.11. The number of hydrogen-bond donors (Lipinski definition) is 1. The molecule has 5 heteroatoms. The van der Waals surface area contributed by atoms with Crippen molar-refractivity contribution >= 4 is 23.4 Å². The number of thioether (sulfide) groups is 1. The Bertz CT molecular complexity index is 380. The predicted molar refractivity (Wildman–Crippen MR) is 65.6 cm³/mol. The minimum atomic E-state index is -0.439. The Balaban J connectivity index is 2.86. The third-order valence-electron chi connectivity index (χ3n) is 1.84. The summed E-state index contributed by atoms with van der Waals surface area (Å²) in [5.41, 5.74) is 6.67. The van der Waals surface area contributed by atoms with Crippen molar-refractivity contribution in [1.29, 1.82) is 0 Å². The Labute approximate surface area is 99.6 Å². The van der Waals surface area contributed by atoms with Gasteiger partial charge in [0.15, 0.2) is 0 Å². The summed E-state index contributed by atoms with van der Waals surface area (Å²) in [6.45, 7) is 4.24. The van der Waals surface area contributed by atoms with Crippen molar-refractivity contribution in [1.82, 2.24) is 4.98 Å². The lowest BCUT2D eigenvalue weighted by molar-refractivity contribution is 0.0593. The number of carbonyl (C=O) groups excluding carboxylic acids is 1. The largest absolute Gasteiger partial charge is 0.464 e. The van der Waals surface area contributed by atoms with Gasteiger partial charge in [0.1, 0.15) is 10.7 Å². The first kappa shape index (κ1) is 12.8. The molecule has 1 heterocycles. The van der Waals surface area contributed by atoms with Crippen molar-refractivity contribution in [2.24, 2.45) is 5.92 Å². The highest BCUT2D eigenvalue weighted by atomic mass is 32.2. The highest BCUT2D eigenvalue weighted by Crippen LogP contribution is 2.24. The second-order valence-corrected chi connectivity index (χ2v) is 4.80. The number of ether oxygens (including phenoxy) is 1. The van der Waals surface area contributed by atoms with Crippen molar-refractivity contribution in [2.75, 3.05) is 18.6 Å². The molecule has 0 spiro atoms. The number of rotatable bonds is 4. The first-order valence-electron chi connectivity index (χ1n) is 5.02. The number of carbonyl (C=O) groups is 1. The summed E-state index contributed by atoms with van der Waals surface area (Å²) >= 11 is 1.55. The molecule has 0 aliphatic heterocycles. The molecule has 16 heavy (non-hydrogen) atoms. The summed E-state index contributed by atoms with van der Waals surface area (Å²) < 4.78 is 4.61. The summed E-state index contributed by atoms with van der Waals surface area (Å²) in [5, 5.41) is 0.691. The molecule has 0 fully saturated rings. The zero-order chi connectivity index (χ0) is 12.1. The lowest BCUT2D eigenvalue weighted by Crippen LogP contribution is -2.06. The van der Waals surface area contributed by atoms with Crippen LogP contribution in [0.2, 0.25) is 0 Å². The summed E-state index contributed by atoms with van der Waals surface area (Å²) in [6, 6.07) is 3.25. The molecule has 1 rings (SSSR count). The smallest absolute Gasteiger partial charge is 0.356 e. The molecule has 0 atom stereocenters. The Morgan fingerprint density at radius 1 is 1.56 bits per heavy atom. The van der Waals surface area contributed by atoms with Gasteiger partial charge in [-0.2, -0.15) is 0 Å². The summed E-state index contributed by atoms with van der Waals surface area (Å²) in [5.74, 6) is 1.03. The highest BCUT2D eigenvalue weighted by molar-refractivity contribution is 7.99. The van der Waals surface area contributed by atoms with Gasteiger partial charge in [0.05, 0.1) is 12.8 Å². The molecule has 4 nitrogen and oxygen atoms in total. The van der Waals surface area contributed by atoms with Crippen LogP contribution in [0, 0.1) is 5.92 Å². The van der Waals surface area contributed by atoms with E-state index < -0.39 is 5.97 Å². The normalized spacial score (nSPS) is 10.5. The number of aromatic nitrogens is 1. The van der Waals surface area contributed by atoms with E-state index in [1.54, 1.807) is 23.9 Å². The van der Waals surface area contributed by atoms with Gasteiger partial charge in [-0.15, -0.1) is 11.8 Å². The summed E-state index contributed by atoms with van der Waals surface area (Å²) in [6.07, 6.45) is 0. The molecule has 0 unspecified atom stereocenters. The van der Waals surface area contributed by atoms with Crippen LogP contribution >= 0.6 is 11.8 Å². The Hall–Kier alpha value is -1.23. The van der Waals surface area contributed by atoms with E-state index in [4.69, 9.17) is 5.73 Å². The van der Waals surface area contributed by atoms with Crippen molar-refractivity contribution < 1.29 is 9.53 Å². The van der Waals surface area contributed by atoms with Gasteiger partial charge in [-0.05, 0) is 18.1 Å². The number of nitrogens with zero attached hydrogens (tertiary/aromatic N) is 1. The molecule has 1 aromatic rings. The lowest BCUT2D eigenvalue weighted by Gasteiger charge is -2.07. The first-order valence-corrected chi connectivity index (χ1v) is 6.00. The number of nitrogen functional groups attached to an aromatic ring is 1. The van der Waals surface area contributed by atoms with E-state index >= 15 is 0 Å². The Morgan fingerprint density at radius 2 is 2.25 bits per heavy atom. The maximum atomic E-state index is 11.3. The van der Waals surface area contributed by atoms with Crippen LogP contribution in [0.5, 0.6) is 0 Å². The third kappa shape index (κ3) is 3.41. The molecule has 0 aromatic carbocycles. The zero-order valence-corrected chi connectivity index (χ0v) is 10.5. The van der Waals surface area contributed by atoms with Gasteiger partial charge in [-0.1, -0.05) is 13.8 Å². The fraction of sp³-hybridized carbons (Fsp3) is 0.455. The van der Waals surface area contributed by atoms with Gasteiger partial charge in [-0.3, -0.25) is 0 Å². The van der Waals surface area contributed by atoms with E-state index in [1.807, 2.05) is 0 Å². The van der Waals surface area contributed by atoms with Crippen molar-refractivity contribution in [2.45, 2.75) is 18.9 Å². The monoisotopic (exact) mass is 240 g/mol. The van der Waals surface area contributed by atoms with Crippen LogP contribution in [0.3, 0.4) is 0 Å². The third-order valence-corrected chi connectivity index (χ3v) is 3.27. The van der Waals surface area contributed by atoms with Crippen LogP contribution in [-0.2, 0) is 4.74 Å². The van der Waals surface area contributed by atoms with E-state index in [9.17, 15) is 4.79 Å². The number of esters is 1. The Kier molecular flexibility index (Phi) is 4.61. The predicted octanol–water partition coefficient (Wildman–Crippen LogP) is 2.20. The van der Waals surface area contributed by atoms with E-state index in [0.717, 1.165) is 5.75 Å². The average Bonchev–Trinajstić information content (AvgIpc) is 2.26. The minimum Gasteiger partial charge on any atom is -0.464 e. The number of pyridine rings is 1. The molecule has 0 amide bonds. The zero-order valence-electron chi connectivity index (χ0n) is 9.69. The number of nitrogens with two attached hydrogens (primary N) is 1. The Morgan fingerprint density at radius 3 is 2.81 bits per heavy atom. The van der Waals surface area contributed by atoms with Crippen LogP contribution in [0.15, 0.2) is 17.2 Å². The molecule has 0 aliphatic carbocycles. The second-order valence-electron chi connectivity index (χ2n) is 3.79. The molecule has 0 radical (unpaired) electrons. The van der Waals surface area contributed by atoms with E-state index in [-0.39, 0.29) is 0 Å². The first-order chi connectivity index (χ1) is 7.54. The summed E-state index contributed by atoms with van der Waals surface area (Å²) in [7, 11) is 1.33. The van der Waals surface area contributed by atoms with Crippen LogP contribution in [0.25, 0.3) is 0 Å². The SMILES string of the molecule is COC(=O)c1ccc(N)c(SCC(C)C)n1. The summed E-state index contributed by atoms with van der Waals surface area (Å²) in [4.78, 5) is 15.5. The average molecular weight is 240 g/mol. The molecule has 0 saturated carbocycles. The van der Waals surface area contributed by atoms with E-state index in [1.165, 1.54) is 7.11 Å². The molecule has 0 bridgehead atoms. The fourth-order valence-electron chi connectivity index (χ4n) is 1.03. The van der Waals surface area contributed by atoms with Crippen LogP contribution in [0.1, 0.15) is 24.3 Å². The van der Waals surface area contributed by atoms with Crippen LogP contribution in [-0.4, -0.2) is 23.8 Å². The van der Waals surface area contributed by atoms with Gasteiger partial charge in [0.25, 0.3) is 0 Å². The molecular weight excluding hydrogens is 224 g/mol. The lowest BCUT2D eigenvalue weighted by atomic mass is 10.3. The number of methoxy groups -OCH3 is 1. The number of anilines is 1. The van der Waals surface area contributed by atoms with Crippen LogP contribution in [0.4, 0.5) is 5.69 Å². The van der Waals surface area contributed by atoms with Crippen molar-refractivity contribution in [3.8, 4) is 0 Å². The van der Waals surface area contributed by atoms with Crippen LogP contribution < -0.4 is 5.73 Å². The fourth-order valence-corrected chi connectivity index (χ4v) is 1.92. The maximum absolute atomic E-state index is 11.3. The quantitative estimate of drug-likeness (QED) is 0.645. The van der Waals surface area contributed by atoms with Gasteiger partial charge in [0.2, 0.25) is 0 Å². The van der Waals surface area contributed by atoms with Crippen molar-refractivity contribution in [3.05, 3.63) is 17.8 Å². The second kappa shape index (κ2) is 5.75. The van der Waals surface area contributed by atoms with Gasteiger partial charge >= 0.3 is 5.97 Å². The maximum Gasteiger partial charge on any atom is 0.356 e.